The maximum absolute atomic E-state index is 11.5. The predicted octanol–water partition coefficient (Wildman–Crippen LogP) is 1.50. The van der Waals surface area contributed by atoms with Gasteiger partial charge < -0.3 is 0 Å². The molecule has 0 bridgehead atoms. The lowest BCUT2D eigenvalue weighted by Gasteiger charge is -2.21. The van der Waals surface area contributed by atoms with Crippen molar-refractivity contribution in [2.45, 2.75) is 19.3 Å². The molecule has 0 aliphatic carbocycles. The van der Waals surface area contributed by atoms with Gasteiger partial charge in [0.05, 0.1) is 28.4 Å². The normalized spacial score (nSPS) is 24.2. The number of rotatable bonds is 2. The summed E-state index contributed by atoms with van der Waals surface area (Å²) < 4.78 is 22.9. The Morgan fingerprint density at radius 2 is 2.31 bits per heavy atom. The Kier molecular flexibility index (Phi) is 3.44. The van der Waals surface area contributed by atoms with Crippen molar-refractivity contribution in [3.8, 4) is 0 Å². The first-order valence-corrected chi connectivity index (χ1v) is 7.43. The topological polar surface area (TPSA) is 59.9 Å². The maximum Gasteiger partial charge on any atom is 0.150 e. The van der Waals surface area contributed by atoms with Crippen LogP contribution in [0.1, 0.15) is 18.5 Å². The summed E-state index contributed by atoms with van der Waals surface area (Å²) >= 11 is 5.80. The first-order chi connectivity index (χ1) is 7.55. The number of hydrogen-bond acceptors (Lipinski definition) is 4. The second kappa shape index (κ2) is 4.67. The fraction of sp³-hybridized carbons (Fsp3) is 0.600. The summed E-state index contributed by atoms with van der Waals surface area (Å²) in [6.45, 7) is 0. The van der Waals surface area contributed by atoms with Crippen molar-refractivity contribution in [1.29, 1.82) is 0 Å². The maximum atomic E-state index is 11.5. The highest BCUT2D eigenvalue weighted by Crippen LogP contribution is 2.22. The van der Waals surface area contributed by atoms with Crippen molar-refractivity contribution in [2.75, 3.05) is 11.5 Å². The molecular formula is C10H13ClN2O2S. The molecule has 1 aromatic heterocycles. The SMILES string of the molecule is O=S1(=O)CCCC(Cc2cc(Cl)cnn2)C1. The minimum absolute atomic E-state index is 0.159. The lowest BCUT2D eigenvalue weighted by Crippen LogP contribution is -2.26. The summed E-state index contributed by atoms with van der Waals surface area (Å²) in [4.78, 5) is 0. The largest absolute Gasteiger partial charge is 0.229 e. The molecule has 2 rings (SSSR count). The van der Waals surface area contributed by atoms with Crippen molar-refractivity contribution < 1.29 is 8.42 Å². The van der Waals surface area contributed by atoms with Gasteiger partial charge in [-0.15, -0.1) is 0 Å². The van der Waals surface area contributed by atoms with E-state index in [4.69, 9.17) is 11.6 Å². The van der Waals surface area contributed by atoms with E-state index in [1.54, 1.807) is 6.07 Å². The van der Waals surface area contributed by atoms with Crippen molar-refractivity contribution in [3.05, 3.63) is 23.0 Å². The molecule has 0 saturated carbocycles. The molecule has 2 heterocycles. The van der Waals surface area contributed by atoms with Crippen LogP contribution >= 0.6 is 11.6 Å². The fourth-order valence-corrected chi connectivity index (χ4v) is 4.00. The van der Waals surface area contributed by atoms with Crippen LogP contribution in [0, 0.1) is 5.92 Å². The van der Waals surface area contributed by atoms with E-state index in [9.17, 15) is 8.42 Å². The van der Waals surface area contributed by atoms with Crippen LogP contribution in [0.25, 0.3) is 0 Å². The zero-order valence-electron chi connectivity index (χ0n) is 8.76. The van der Waals surface area contributed by atoms with Gasteiger partial charge in [-0.05, 0) is 31.2 Å². The van der Waals surface area contributed by atoms with Crippen LogP contribution in [-0.2, 0) is 16.3 Å². The third-order valence-electron chi connectivity index (χ3n) is 2.73. The van der Waals surface area contributed by atoms with Crippen LogP contribution in [0.5, 0.6) is 0 Å². The monoisotopic (exact) mass is 260 g/mol. The molecule has 1 atom stereocenters. The van der Waals surface area contributed by atoms with Crippen LogP contribution in [0.3, 0.4) is 0 Å². The zero-order valence-corrected chi connectivity index (χ0v) is 10.3. The van der Waals surface area contributed by atoms with Crippen LogP contribution in [0.2, 0.25) is 5.02 Å². The molecule has 1 unspecified atom stereocenters. The lowest BCUT2D eigenvalue weighted by molar-refractivity contribution is 0.478. The number of nitrogens with zero attached hydrogens (tertiary/aromatic N) is 2. The van der Waals surface area contributed by atoms with E-state index >= 15 is 0 Å². The molecule has 0 radical (unpaired) electrons. The van der Waals surface area contributed by atoms with Crippen LogP contribution in [0.15, 0.2) is 12.3 Å². The third-order valence-corrected chi connectivity index (χ3v) is 4.82. The zero-order chi connectivity index (χ0) is 11.6. The summed E-state index contributed by atoms with van der Waals surface area (Å²) in [5, 5.41) is 8.25. The molecule has 1 aromatic rings. The number of aromatic nitrogens is 2. The Balaban J connectivity index is 2.05. The van der Waals surface area contributed by atoms with E-state index in [0.717, 1.165) is 18.5 Å². The van der Waals surface area contributed by atoms with E-state index in [1.807, 2.05) is 0 Å². The molecule has 0 amide bonds. The molecule has 88 valence electrons. The predicted molar refractivity (Wildman–Crippen MR) is 62.1 cm³/mol. The van der Waals surface area contributed by atoms with Gasteiger partial charge in [0.25, 0.3) is 0 Å². The molecule has 0 aromatic carbocycles. The molecule has 0 spiro atoms. The Bertz CT molecular complexity index is 475. The highest BCUT2D eigenvalue weighted by molar-refractivity contribution is 7.91. The van der Waals surface area contributed by atoms with Gasteiger partial charge in [0, 0.05) is 0 Å². The van der Waals surface area contributed by atoms with Gasteiger partial charge in [-0.3, -0.25) is 0 Å². The first kappa shape index (κ1) is 11.8. The van der Waals surface area contributed by atoms with E-state index < -0.39 is 9.84 Å². The highest BCUT2D eigenvalue weighted by atomic mass is 35.5. The van der Waals surface area contributed by atoms with Crippen LogP contribution in [-0.4, -0.2) is 30.1 Å². The van der Waals surface area contributed by atoms with Crippen LogP contribution in [0.4, 0.5) is 0 Å². The number of halogens is 1. The molecule has 4 nitrogen and oxygen atoms in total. The molecule has 16 heavy (non-hydrogen) atoms. The van der Waals surface area contributed by atoms with Crippen molar-refractivity contribution in [1.82, 2.24) is 10.2 Å². The second-order valence-corrected chi connectivity index (χ2v) is 6.86. The van der Waals surface area contributed by atoms with Gasteiger partial charge in [-0.1, -0.05) is 11.6 Å². The van der Waals surface area contributed by atoms with Crippen molar-refractivity contribution in [3.63, 3.8) is 0 Å². The molecular weight excluding hydrogens is 248 g/mol. The van der Waals surface area contributed by atoms with E-state index in [2.05, 4.69) is 10.2 Å². The smallest absolute Gasteiger partial charge is 0.150 e. The lowest BCUT2D eigenvalue weighted by atomic mass is 9.99. The minimum atomic E-state index is -2.84. The van der Waals surface area contributed by atoms with E-state index in [-0.39, 0.29) is 11.7 Å². The van der Waals surface area contributed by atoms with Gasteiger partial charge in [0.15, 0.2) is 9.84 Å². The molecule has 0 N–H and O–H groups in total. The summed E-state index contributed by atoms with van der Waals surface area (Å²) in [5.41, 5.74) is 0.773. The Labute approximate surface area is 100.0 Å². The van der Waals surface area contributed by atoms with Crippen molar-refractivity contribution >= 4 is 21.4 Å². The summed E-state index contributed by atoms with van der Waals surface area (Å²) in [5.74, 6) is 0.748. The standard InChI is InChI=1S/C10H13ClN2O2S/c11-9-5-10(13-12-6-9)4-8-2-1-3-16(14,15)7-8/h5-6,8H,1-4,7H2. The Morgan fingerprint density at radius 3 is 3.00 bits per heavy atom. The fourth-order valence-electron chi connectivity index (χ4n) is 2.06. The average Bonchev–Trinajstić information content (AvgIpc) is 2.15. The van der Waals surface area contributed by atoms with Gasteiger partial charge in [-0.25, -0.2) is 8.42 Å². The van der Waals surface area contributed by atoms with Gasteiger partial charge in [0.1, 0.15) is 0 Å². The second-order valence-electron chi connectivity index (χ2n) is 4.19. The third kappa shape index (κ3) is 3.15. The number of sulfone groups is 1. The molecule has 6 heteroatoms. The van der Waals surface area contributed by atoms with Gasteiger partial charge in [0.2, 0.25) is 0 Å². The molecule has 1 saturated heterocycles. The average molecular weight is 261 g/mol. The van der Waals surface area contributed by atoms with Gasteiger partial charge in [-0.2, -0.15) is 10.2 Å². The van der Waals surface area contributed by atoms with E-state index in [1.165, 1.54) is 6.20 Å². The van der Waals surface area contributed by atoms with Crippen molar-refractivity contribution in [2.24, 2.45) is 5.92 Å². The summed E-state index contributed by atoms with van der Waals surface area (Å²) in [6.07, 6.45) is 3.81. The molecule has 1 fully saturated rings. The van der Waals surface area contributed by atoms with Gasteiger partial charge >= 0.3 is 0 Å². The number of hydrogen-bond donors (Lipinski definition) is 0. The molecule has 1 aliphatic heterocycles. The Morgan fingerprint density at radius 1 is 1.50 bits per heavy atom. The summed E-state index contributed by atoms with van der Waals surface area (Å²) in [7, 11) is -2.84. The first-order valence-electron chi connectivity index (χ1n) is 5.23. The highest BCUT2D eigenvalue weighted by Gasteiger charge is 2.25. The van der Waals surface area contributed by atoms with Crippen LogP contribution < -0.4 is 0 Å². The van der Waals surface area contributed by atoms with E-state index in [0.29, 0.717) is 17.2 Å². The minimum Gasteiger partial charge on any atom is -0.229 e. The quantitative estimate of drug-likeness (QED) is 0.809. The Hall–Kier alpha value is -0.680. The summed E-state index contributed by atoms with van der Waals surface area (Å²) in [6, 6.07) is 1.75. The molecule has 1 aliphatic rings.